The molecule has 0 saturated carbocycles. The third-order valence-corrected chi connectivity index (χ3v) is 6.65. The van der Waals surface area contributed by atoms with Crippen LogP contribution in [0.4, 0.5) is 15.3 Å². The van der Waals surface area contributed by atoms with E-state index in [0.29, 0.717) is 37.6 Å². The van der Waals surface area contributed by atoms with E-state index in [9.17, 15) is 14.4 Å². The van der Waals surface area contributed by atoms with Crippen molar-refractivity contribution in [3.8, 4) is 5.75 Å². The summed E-state index contributed by atoms with van der Waals surface area (Å²) >= 11 is 0. The third kappa shape index (κ3) is 7.00. The van der Waals surface area contributed by atoms with E-state index in [4.69, 9.17) is 14.2 Å². The van der Waals surface area contributed by atoms with Gasteiger partial charge in [-0.15, -0.1) is 0 Å². The zero-order valence-corrected chi connectivity index (χ0v) is 21.4. The fraction of sp³-hybridized carbons (Fsp3) is 0.640. The average molecular weight is 491 g/mol. The van der Waals surface area contributed by atoms with Crippen LogP contribution in [0, 0.1) is 5.41 Å². The monoisotopic (exact) mass is 490 g/mol. The summed E-state index contributed by atoms with van der Waals surface area (Å²) in [6, 6.07) is 5.99. The molecular weight excluding hydrogens is 452 g/mol. The van der Waals surface area contributed by atoms with Gasteiger partial charge in [0.15, 0.2) is 6.04 Å². The smallest absolute Gasteiger partial charge is 0.330 e. The van der Waals surface area contributed by atoms with Gasteiger partial charge in [-0.25, -0.2) is 14.4 Å². The Labute approximate surface area is 207 Å². The van der Waals surface area contributed by atoms with Gasteiger partial charge >= 0.3 is 18.0 Å². The number of methoxy groups -OCH3 is 2. The van der Waals surface area contributed by atoms with Gasteiger partial charge in [0.1, 0.15) is 5.75 Å². The average Bonchev–Trinajstić information content (AvgIpc) is 3.24. The molecule has 0 aromatic heterocycles. The van der Waals surface area contributed by atoms with Crippen LogP contribution in [-0.4, -0.2) is 86.5 Å². The third-order valence-electron chi connectivity index (χ3n) is 6.65. The van der Waals surface area contributed by atoms with Crippen LogP contribution in [0.5, 0.6) is 5.75 Å². The number of carbonyl (C=O) groups is 3. The molecule has 1 spiro atoms. The summed E-state index contributed by atoms with van der Waals surface area (Å²) in [6.07, 6.45) is 2.48. The summed E-state index contributed by atoms with van der Waals surface area (Å²) in [5.74, 6) is 0.0795. The largest absolute Gasteiger partial charge is 0.495 e. The number of anilines is 1. The van der Waals surface area contributed by atoms with Gasteiger partial charge in [-0.3, -0.25) is 0 Å². The fourth-order valence-corrected chi connectivity index (χ4v) is 4.53. The van der Waals surface area contributed by atoms with Crippen molar-refractivity contribution < 1.29 is 28.6 Å². The normalized spacial score (nSPS) is 18.2. The van der Waals surface area contributed by atoms with Crippen LogP contribution in [0.1, 0.15) is 40.0 Å². The van der Waals surface area contributed by atoms with Gasteiger partial charge in [0, 0.05) is 26.2 Å². The van der Waals surface area contributed by atoms with Gasteiger partial charge in [0.2, 0.25) is 0 Å². The number of hydrogen-bond acceptors (Lipinski definition) is 6. The maximum absolute atomic E-state index is 12.9. The number of esters is 1. The first-order chi connectivity index (χ1) is 16.6. The van der Waals surface area contributed by atoms with E-state index in [1.54, 1.807) is 23.0 Å². The first-order valence-corrected chi connectivity index (χ1v) is 12.0. The Hall–Kier alpha value is -3.01. The number of ether oxygens (including phenoxy) is 3. The second-order valence-corrected chi connectivity index (χ2v) is 10.2. The molecule has 1 unspecified atom stereocenters. The van der Waals surface area contributed by atoms with Gasteiger partial charge in [0.05, 0.1) is 32.1 Å². The van der Waals surface area contributed by atoms with Crippen molar-refractivity contribution in [1.29, 1.82) is 0 Å². The van der Waals surface area contributed by atoms with Crippen LogP contribution in [0.25, 0.3) is 0 Å². The molecule has 35 heavy (non-hydrogen) atoms. The maximum atomic E-state index is 12.9. The van der Waals surface area contributed by atoms with Crippen LogP contribution in [-0.2, 0) is 14.3 Å². The van der Waals surface area contributed by atoms with Crippen molar-refractivity contribution in [2.45, 2.75) is 51.7 Å². The highest BCUT2D eigenvalue weighted by atomic mass is 16.5. The molecule has 10 nitrogen and oxygen atoms in total. The molecule has 2 fully saturated rings. The highest BCUT2D eigenvalue weighted by molar-refractivity contribution is 5.91. The summed E-state index contributed by atoms with van der Waals surface area (Å²) in [6.45, 7) is 8.11. The number of likely N-dealkylation sites (tertiary alicyclic amines) is 2. The SMILES string of the molecule is COC(=O)C(COC(C)(C)C)NC(=O)N1CCC2(CCN(C(=O)Nc3ccccc3OC)CC2)C1. The Morgan fingerprint density at radius 1 is 1.00 bits per heavy atom. The molecule has 10 heteroatoms. The molecule has 3 rings (SSSR count). The van der Waals surface area contributed by atoms with Crippen molar-refractivity contribution in [1.82, 2.24) is 15.1 Å². The minimum Gasteiger partial charge on any atom is -0.495 e. The minimum absolute atomic E-state index is 0.0266. The highest BCUT2D eigenvalue weighted by Crippen LogP contribution is 2.40. The summed E-state index contributed by atoms with van der Waals surface area (Å²) in [4.78, 5) is 41.4. The van der Waals surface area contributed by atoms with Crippen molar-refractivity contribution in [2.75, 3.05) is 52.3 Å². The van der Waals surface area contributed by atoms with Crippen molar-refractivity contribution in [3.63, 3.8) is 0 Å². The molecule has 2 heterocycles. The number of amides is 4. The van der Waals surface area contributed by atoms with Crippen LogP contribution in [0.3, 0.4) is 0 Å². The van der Waals surface area contributed by atoms with Crippen LogP contribution in [0.2, 0.25) is 0 Å². The van der Waals surface area contributed by atoms with Crippen LogP contribution >= 0.6 is 0 Å². The molecule has 1 atom stereocenters. The molecule has 1 aromatic rings. The summed E-state index contributed by atoms with van der Waals surface area (Å²) < 4.78 is 15.8. The Morgan fingerprint density at radius 3 is 2.23 bits per heavy atom. The Morgan fingerprint density at radius 2 is 1.63 bits per heavy atom. The predicted molar refractivity (Wildman–Crippen MR) is 131 cm³/mol. The van der Waals surface area contributed by atoms with Gasteiger partial charge in [0.25, 0.3) is 0 Å². The first kappa shape index (κ1) is 26.6. The Bertz CT molecular complexity index is 907. The lowest BCUT2D eigenvalue weighted by Gasteiger charge is -2.39. The molecule has 4 amide bonds. The maximum Gasteiger partial charge on any atom is 0.330 e. The lowest BCUT2D eigenvalue weighted by molar-refractivity contribution is -0.146. The number of rotatable bonds is 6. The van der Waals surface area contributed by atoms with E-state index >= 15 is 0 Å². The van der Waals surface area contributed by atoms with E-state index in [-0.39, 0.29) is 24.1 Å². The van der Waals surface area contributed by atoms with Crippen LogP contribution in [0.15, 0.2) is 24.3 Å². The van der Waals surface area contributed by atoms with E-state index in [0.717, 1.165) is 19.3 Å². The molecule has 194 valence electrons. The lowest BCUT2D eigenvalue weighted by atomic mass is 9.78. The summed E-state index contributed by atoms with van der Waals surface area (Å²) in [7, 11) is 2.86. The van der Waals surface area contributed by atoms with Crippen LogP contribution < -0.4 is 15.4 Å². The number of nitrogens with one attached hydrogen (secondary N) is 2. The van der Waals surface area contributed by atoms with Crippen molar-refractivity contribution >= 4 is 23.7 Å². The second-order valence-electron chi connectivity index (χ2n) is 10.2. The number of urea groups is 2. The topological polar surface area (TPSA) is 109 Å². The lowest BCUT2D eigenvalue weighted by Crippen LogP contribution is -2.51. The van der Waals surface area contributed by atoms with E-state index in [1.165, 1.54) is 7.11 Å². The predicted octanol–water partition coefficient (Wildman–Crippen LogP) is 3.08. The molecule has 2 N–H and O–H groups in total. The van der Waals surface area contributed by atoms with E-state index < -0.39 is 17.6 Å². The minimum atomic E-state index is -0.871. The fourth-order valence-electron chi connectivity index (χ4n) is 4.53. The first-order valence-electron chi connectivity index (χ1n) is 12.0. The molecule has 0 radical (unpaired) electrons. The molecule has 2 aliphatic rings. The summed E-state index contributed by atoms with van der Waals surface area (Å²) in [5.41, 5.74) is 0.168. The molecule has 2 aliphatic heterocycles. The van der Waals surface area contributed by atoms with Gasteiger partial charge in [-0.2, -0.15) is 0 Å². The number of nitrogens with zero attached hydrogens (tertiary/aromatic N) is 2. The van der Waals surface area contributed by atoms with Crippen molar-refractivity contribution in [3.05, 3.63) is 24.3 Å². The molecule has 0 aliphatic carbocycles. The number of carbonyl (C=O) groups excluding carboxylic acids is 3. The number of piperidine rings is 1. The number of hydrogen-bond donors (Lipinski definition) is 2. The standard InChI is InChI=1S/C25H38N4O6/c1-24(2,3)35-16-19(21(30)34-5)27-23(32)29-15-12-25(17-29)10-13-28(14-11-25)22(31)26-18-8-6-7-9-20(18)33-4/h6-9,19H,10-17H2,1-5H3,(H,26,31)(H,27,32). The molecule has 0 bridgehead atoms. The molecule has 2 saturated heterocycles. The van der Waals surface area contributed by atoms with Gasteiger partial charge in [-0.1, -0.05) is 12.1 Å². The van der Waals surface area contributed by atoms with Crippen molar-refractivity contribution in [2.24, 2.45) is 5.41 Å². The van der Waals surface area contributed by atoms with E-state index in [1.807, 2.05) is 39.0 Å². The Kier molecular flexibility index (Phi) is 8.47. The zero-order chi connectivity index (χ0) is 25.6. The zero-order valence-electron chi connectivity index (χ0n) is 21.4. The quantitative estimate of drug-likeness (QED) is 0.593. The number of benzene rings is 1. The molecular formula is C25H38N4O6. The summed E-state index contributed by atoms with van der Waals surface area (Å²) in [5, 5.41) is 5.70. The number of para-hydroxylation sites is 2. The van der Waals surface area contributed by atoms with E-state index in [2.05, 4.69) is 10.6 Å². The second kappa shape index (κ2) is 11.2. The Balaban J connectivity index is 1.52. The highest BCUT2D eigenvalue weighted by Gasteiger charge is 2.43. The molecule has 1 aromatic carbocycles. The van der Waals surface area contributed by atoms with Gasteiger partial charge in [-0.05, 0) is 57.6 Å². The van der Waals surface area contributed by atoms with Gasteiger partial charge < -0.3 is 34.6 Å².